The van der Waals surface area contributed by atoms with Crippen molar-refractivity contribution >= 4 is 28.3 Å². The average Bonchev–Trinajstić information content (AvgIpc) is 2.61. The van der Waals surface area contributed by atoms with Gasteiger partial charge in [0.2, 0.25) is 0 Å². The lowest BCUT2D eigenvalue weighted by Gasteiger charge is -2.07. The van der Waals surface area contributed by atoms with Gasteiger partial charge < -0.3 is 9.78 Å². The predicted molar refractivity (Wildman–Crippen MR) is 67.0 cm³/mol. The minimum Gasteiger partial charge on any atom is -0.360 e. The summed E-state index contributed by atoms with van der Waals surface area (Å²) < 4.78 is 0. The lowest BCUT2D eigenvalue weighted by Crippen LogP contribution is -1.99. The summed E-state index contributed by atoms with van der Waals surface area (Å²) in [5.74, 6) is 0.439. The second-order valence-corrected chi connectivity index (χ2v) is 4.62. The quantitative estimate of drug-likeness (QED) is 0.860. The third-order valence-electron chi connectivity index (χ3n) is 2.82. The zero-order valence-electron chi connectivity index (χ0n) is 9.38. The fraction of sp³-hybridized carbons (Fsp3) is 0.308. The van der Waals surface area contributed by atoms with Gasteiger partial charge in [-0.1, -0.05) is 30.7 Å². The number of carbonyl (C=O) groups excluding carboxylic acids is 1. The van der Waals surface area contributed by atoms with Crippen LogP contribution in [0.5, 0.6) is 0 Å². The van der Waals surface area contributed by atoms with Crippen LogP contribution in [0.25, 0.3) is 10.9 Å². The molecule has 3 heteroatoms. The smallest absolute Gasteiger partial charge is 0.130 e. The Morgan fingerprint density at radius 1 is 1.50 bits per heavy atom. The van der Waals surface area contributed by atoms with Crippen molar-refractivity contribution < 1.29 is 4.79 Å². The summed E-state index contributed by atoms with van der Waals surface area (Å²) in [6, 6.07) is 5.83. The van der Waals surface area contributed by atoms with E-state index in [1.165, 1.54) is 0 Å². The van der Waals surface area contributed by atoms with Gasteiger partial charge in [-0.25, -0.2) is 0 Å². The first-order valence-corrected chi connectivity index (χ1v) is 5.72. The fourth-order valence-corrected chi connectivity index (χ4v) is 2.32. The molecule has 2 nitrogen and oxygen atoms in total. The van der Waals surface area contributed by atoms with Gasteiger partial charge in [0.15, 0.2) is 0 Å². The number of fused-ring (bicyclic) bond motifs is 1. The van der Waals surface area contributed by atoms with E-state index < -0.39 is 0 Å². The van der Waals surface area contributed by atoms with Gasteiger partial charge in [0.1, 0.15) is 5.78 Å². The lowest BCUT2D eigenvalue weighted by molar-refractivity contribution is -0.117. The van der Waals surface area contributed by atoms with Crippen molar-refractivity contribution in [2.24, 2.45) is 0 Å². The molecule has 84 valence electrons. The molecular formula is C13H14ClNO. The van der Waals surface area contributed by atoms with Crippen LogP contribution in [-0.4, -0.2) is 10.8 Å². The van der Waals surface area contributed by atoms with Crippen molar-refractivity contribution in [1.29, 1.82) is 0 Å². The van der Waals surface area contributed by atoms with E-state index in [2.05, 4.69) is 11.9 Å². The third kappa shape index (κ3) is 1.98. The number of rotatable bonds is 3. The van der Waals surface area contributed by atoms with E-state index in [-0.39, 0.29) is 11.7 Å². The normalized spacial score (nSPS) is 12.9. The number of Topliss-reactive ketones (excluding diaryl/α,β-unsaturated/α-hetero) is 1. The maximum Gasteiger partial charge on any atom is 0.130 e. The van der Waals surface area contributed by atoms with E-state index in [1.54, 1.807) is 6.92 Å². The van der Waals surface area contributed by atoms with Crippen molar-refractivity contribution in [3.63, 3.8) is 0 Å². The van der Waals surface area contributed by atoms with Crippen LogP contribution in [-0.2, 0) is 4.79 Å². The molecule has 0 bridgehead atoms. The molecule has 0 radical (unpaired) electrons. The monoisotopic (exact) mass is 235 g/mol. The minimum absolute atomic E-state index is 0.212. The van der Waals surface area contributed by atoms with E-state index in [9.17, 15) is 4.79 Å². The molecule has 1 aromatic heterocycles. The van der Waals surface area contributed by atoms with Crippen LogP contribution in [0.3, 0.4) is 0 Å². The number of benzene rings is 1. The molecule has 0 saturated heterocycles. The van der Waals surface area contributed by atoms with Gasteiger partial charge in [-0.05, 0) is 24.5 Å². The van der Waals surface area contributed by atoms with Gasteiger partial charge in [0, 0.05) is 18.0 Å². The van der Waals surface area contributed by atoms with Gasteiger partial charge >= 0.3 is 0 Å². The Hall–Kier alpha value is -1.28. The molecule has 0 spiro atoms. The largest absolute Gasteiger partial charge is 0.360 e. The number of ketones is 1. The second kappa shape index (κ2) is 4.30. The van der Waals surface area contributed by atoms with E-state index in [0.29, 0.717) is 6.42 Å². The summed E-state index contributed by atoms with van der Waals surface area (Å²) in [6.45, 7) is 3.68. The molecule has 1 unspecified atom stereocenters. The highest BCUT2D eigenvalue weighted by Gasteiger charge is 2.13. The van der Waals surface area contributed by atoms with E-state index in [1.807, 2.05) is 24.4 Å². The molecule has 0 fully saturated rings. The number of aromatic amines is 1. The summed E-state index contributed by atoms with van der Waals surface area (Å²) in [4.78, 5) is 14.3. The van der Waals surface area contributed by atoms with Gasteiger partial charge in [-0.2, -0.15) is 0 Å². The van der Waals surface area contributed by atoms with Gasteiger partial charge in [-0.3, -0.25) is 0 Å². The first kappa shape index (κ1) is 11.2. The zero-order valence-corrected chi connectivity index (χ0v) is 10.1. The van der Waals surface area contributed by atoms with Crippen molar-refractivity contribution in [3.8, 4) is 0 Å². The molecule has 0 amide bonds. The third-order valence-corrected chi connectivity index (χ3v) is 3.14. The summed E-state index contributed by atoms with van der Waals surface area (Å²) >= 11 is 6.08. The Labute approximate surface area is 99.6 Å². The molecular weight excluding hydrogens is 222 g/mol. The Balaban J connectivity index is 2.46. The standard InChI is InChI=1S/C13H14ClNO/c1-8(6-9(2)16)11-7-15-13-10(11)4-3-5-12(13)14/h3-5,7-8,15H,6H2,1-2H3. The first-order valence-electron chi connectivity index (χ1n) is 5.34. The highest BCUT2D eigenvalue weighted by molar-refractivity contribution is 6.35. The van der Waals surface area contributed by atoms with Gasteiger partial charge in [0.05, 0.1) is 10.5 Å². The molecule has 0 saturated carbocycles. The molecule has 1 N–H and O–H groups in total. The van der Waals surface area contributed by atoms with Crippen molar-refractivity contribution in [2.45, 2.75) is 26.2 Å². The number of nitrogens with one attached hydrogen (secondary N) is 1. The number of halogens is 1. The molecule has 0 aliphatic rings. The second-order valence-electron chi connectivity index (χ2n) is 4.21. The lowest BCUT2D eigenvalue weighted by atomic mass is 9.96. The Kier molecular flexibility index (Phi) is 3.01. The predicted octanol–water partition coefficient (Wildman–Crippen LogP) is 3.90. The van der Waals surface area contributed by atoms with Crippen LogP contribution in [0.4, 0.5) is 0 Å². The van der Waals surface area contributed by atoms with Crippen LogP contribution in [0.15, 0.2) is 24.4 Å². The minimum atomic E-state index is 0.212. The number of H-pyrrole nitrogens is 1. The molecule has 2 rings (SSSR count). The zero-order chi connectivity index (χ0) is 11.7. The van der Waals surface area contributed by atoms with Gasteiger partial charge in [0.25, 0.3) is 0 Å². The number of carbonyl (C=O) groups is 1. The maximum absolute atomic E-state index is 11.1. The van der Waals surface area contributed by atoms with Crippen LogP contribution < -0.4 is 0 Å². The SMILES string of the molecule is CC(=O)CC(C)c1c[nH]c2c(Cl)cccc12. The Morgan fingerprint density at radius 3 is 2.94 bits per heavy atom. The van der Waals surface area contributed by atoms with E-state index >= 15 is 0 Å². The van der Waals surface area contributed by atoms with Crippen LogP contribution in [0, 0.1) is 0 Å². The molecule has 2 aromatic rings. The van der Waals surface area contributed by atoms with Crippen molar-refractivity contribution in [2.75, 3.05) is 0 Å². The first-order chi connectivity index (χ1) is 7.59. The Bertz CT molecular complexity index is 530. The molecule has 1 atom stereocenters. The molecule has 0 aliphatic heterocycles. The summed E-state index contributed by atoms with van der Waals surface area (Å²) in [6.07, 6.45) is 2.52. The summed E-state index contributed by atoms with van der Waals surface area (Å²) in [5.41, 5.74) is 2.11. The highest BCUT2D eigenvalue weighted by Crippen LogP contribution is 2.31. The number of aromatic nitrogens is 1. The Morgan fingerprint density at radius 2 is 2.25 bits per heavy atom. The van der Waals surface area contributed by atoms with E-state index in [0.717, 1.165) is 21.5 Å². The summed E-state index contributed by atoms with van der Waals surface area (Å²) in [5, 5.41) is 1.83. The molecule has 1 heterocycles. The van der Waals surface area contributed by atoms with Crippen LogP contribution >= 0.6 is 11.6 Å². The van der Waals surface area contributed by atoms with Gasteiger partial charge in [-0.15, -0.1) is 0 Å². The number of hydrogen-bond acceptors (Lipinski definition) is 1. The highest BCUT2D eigenvalue weighted by atomic mass is 35.5. The van der Waals surface area contributed by atoms with Crippen LogP contribution in [0.2, 0.25) is 5.02 Å². The summed E-state index contributed by atoms with van der Waals surface area (Å²) in [7, 11) is 0. The number of para-hydroxylation sites is 1. The molecule has 1 aromatic carbocycles. The maximum atomic E-state index is 11.1. The topological polar surface area (TPSA) is 32.9 Å². The van der Waals surface area contributed by atoms with Crippen molar-refractivity contribution in [3.05, 3.63) is 35.0 Å². The number of hydrogen-bond donors (Lipinski definition) is 1. The van der Waals surface area contributed by atoms with Crippen LogP contribution in [0.1, 0.15) is 31.7 Å². The van der Waals surface area contributed by atoms with E-state index in [4.69, 9.17) is 11.6 Å². The van der Waals surface area contributed by atoms with Crippen molar-refractivity contribution in [1.82, 2.24) is 4.98 Å². The average molecular weight is 236 g/mol. The fourth-order valence-electron chi connectivity index (χ4n) is 2.09. The molecule has 16 heavy (non-hydrogen) atoms. The molecule has 0 aliphatic carbocycles.